The molecule has 14 heteroatoms. The molecule has 0 radical (unpaired) electrons. The fourth-order valence-corrected chi connectivity index (χ4v) is 3.83. The van der Waals surface area contributed by atoms with Gasteiger partial charge in [0, 0.05) is 26.4 Å². The van der Waals surface area contributed by atoms with Crippen molar-refractivity contribution in [2.75, 3.05) is 19.5 Å². The first-order valence-electron chi connectivity index (χ1n) is 11.3. The Labute approximate surface area is 209 Å². The Hall–Kier alpha value is -4.85. The molecule has 2 atom stereocenters. The molecule has 0 unspecified atom stereocenters. The molecule has 14 nitrogen and oxygen atoms in total. The Bertz CT molecular complexity index is 1520. The number of hydrogen-bond acceptors (Lipinski definition) is 11. The SMILES string of the molecule is CNC(=O)Oc1cc(Nc2cccn(-c3cncnc3)c2=O)nc2c(C(=O)N[C@@H]3CC[C@H]3OC)onc12. The highest BCUT2D eigenvalue weighted by Gasteiger charge is 2.34. The molecule has 0 spiro atoms. The Kier molecular flexibility index (Phi) is 6.47. The average Bonchev–Trinajstić information content (AvgIpc) is 3.33. The first-order valence-corrected chi connectivity index (χ1v) is 11.3. The number of fused-ring (bicyclic) bond motifs is 1. The van der Waals surface area contributed by atoms with Gasteiger partial charge >= 0.3 is 6.09 Å². The predicted octanol–water partition coefficient (Wildman–Crippen LogP) is 1.53. The molecule has 1 aliphatic rings. The molecule has 0 aliphatic heterocycles. The molecule has 190 valence electrons. The number of pyridine rings is 2. The summed E-state index contributed by atoms with van der Waals surface area (Å²) in [5, 5.41) is 12.0. The van der Waals surface area contributed by atoms with E-state index >= 15 is 0 Å². The summed E-state index contributed by atoms with van der Waals surface area (Å²) in [6.45, 7) is 0. The van der Waals surface area contributed by atoms with E-state index in [1.807, 2.05) is 0 Å². The van der Waals surface area contributed by atoms with Crippen LogP contribution in [0.25, 0.3) is 16.7 Å². The Morgan fingerprint density at radius 1 is 1.19 bits per heavy atom. The highest BCUT2D eigenvalue weighted by Crippen LogP contribution is 2.31. The second-order valence-corrected chi connectivity index (χ2v) is 8.10. The van der Waals surface area contributed by atoms with Crippen molar-refractivity contribution in [3.05, 3.63) is 59.2 Å². The van der Waals surface area contributed by atoms with Crippen LogP contribution in [0.5, 0.6) is 5.75 Å². The van der Waals surface area contributed by atoms with Gasteiger partial charge < -0.3 is 29.9 Å². The van der Waals surface area contributed by atoms with Gasteiger partial charge in [-0.05, 0) is 25.0 Å². The van der Waals surface area contributed by atoms with E-state index in [1.54, 1.807) is 25.4 Å². The molecule has 4 heterocycles. The van der Waals surface area contributed by atoms with Gasteiger partial charge in [0.15, 0.2) is 11.3 Å². The largest absolute Gasteiger partial charge is 0.412 e. The lowest BCUT2D eigenvalue weighted by atomic mass is 9.89. The van der Waals surface area contributed by atoms with Gasteiger partial charge in [0.05, 0.1) is 30.2 Å². The molecule has 4 aromatic rings. The molecule has 2 amide bonds. The van der Waals surface area contributed by atoms with E-state index in [9.17, 15) is 14.4 Å². The summed E-state index contributed by atoms with van der Waals surface area (Å²) in [7, 11) is 2.98. The Morgan fingerprint density at radius 3 is 2.70 bits per heavy atom. The van der Waals surface area contributed by atoms with Crippen molar-refractivity contribution in [3.8, 4) is 11.4 Å². The van der Waals surface area contributed by atoms with Crippen LogP contribution in [0.2, 0.25) is 0 Å². The number of methoxy groups -OCH3 is 1. The molecular weight excluding hydrogens is 484 g/mol. The topological polar surface area (TPSA) is 175 Å². The zero-order valence-electron chi connectivity index (χ0n) is 19.8. The van der Waals surface area contributed by atoms with E-state index in [4.69, 9.17) is 14.0 Å². The van der Waals surface area contributed by atoms with Gasteiger partial charge in [-0.15, -0.1) is 0 Å². The van der Waals surface area contributed by atoms with Crippen molar-refractivity contribution < 1.29 is 23.6 Å². The van der Waals surface area contributed by atoms with Gasteiger partial charge in [0.1, 0.15) is 23.3 Å². The molecule has 3 N–H and O–H groups in total. The minimum Gasteiger partial charge on any atom is -0.408 e. The van der Waals surface area contributed by atoms with E-state index in [2.05, 4.69) is 36.1 Å². The summed E-state index contributed by atoms with van der Waals surface area (Å²) < 4.78 is 17.3. The molecule has 0 saturated heterocycles. The summed E-state index contributed by atoms with van der Waals surface area (Å²) in [5.74, 6) is -0.632. The Balaban J connectivity index is 1.52. The van der Waals surface area contributed by atoms with Gasteiger partial charge in [0.25, 0.3) is 11.5 Å². The lowest BCUT2D eigenvalue weighted by Gasteiger charge is -2.35. The number of nitrogens with zero attached hydrogens (tertiary/aromatic N) is 5. The summed E-state index contributed by atoms with van der Waals surface area (Å²) in [6.07, 6.45) is 6.65. The van der Waals surface area contributed by atoms with Crippen molar-refractivity contribution in [2.45, 2.75) is 25.0 Å². The molecule has 1 aliphatic carbocycles. The van der Waals surface area contributed by atoms with Gasteiger partial charge in [0.2, 0.25) is 5.76 Å². The van der Waals surface area contributed by atoms with E-state index < -0.39 is 17.6 Å². The van der Waals surface area contributed by atoms with E-state index in [0.29, 0.717) is 5.69 Å². The van der Waals surface area contributed by atoms with Crippen molar-refractivity contribution >= 4 is 34.5 Å². The van der Waals surface area contributed by atoms with Crippen molar-refractivity contribution in [1.82, 2.24) is 35.3 Å². The minimum atomic E-state index is -0.768. The van der Waals surface area contributed by atoms with Crippen LogP contribution in [0.3, 0.4) is 0 Å². The van der Waals surface area contributed by atoms with Crippen LogP contribution in [0.4, 0.5) is 16.3 Å². The van der Waals surface area contributed by atoms with Gasteiger partial charge in [-0.3, -0.25) is 14.2 Å². The molecule has 1 saturated carbocycles. The molecule has 0 bridgehead atoms. The maximum atomic E-state index is 13.1. The number of aromatic nitrogens is 5. The number of anilines is 2. The third-order valence-electron chi connectivity index (χ3n) is 5.88. The number of hydrogen-bond donors (Lipinski definition) is 3. The van der Waals surface area contributed by atoms with E-state index in [-0.39, 0.29) is 46.2 Å². The second kappa shape index (κ2) is 10.0. The van der Waals surface area contributed by atoms with Crippen LogP contribution in [0, 0.1) is 0 Å². The first kappa shape index (κ1) is 23.9. The zero-order chi connectivity index (χ0) is 25.9. The second-order valence-electron chi connectivity index (χ2n) is 8.10. The van der Waals surface area contributed by atoms with E-state index in [0.717, 1.165) is 12.8 Å². The zero-order valence-corrected chi connectivity index (χ0v) is 19.8. The molecule has 1 fully saturated rings. The Morgan fingerprint density at radius 2 is 2.00 bits per heavy atom. The van der Waals surface area contributed by atoms with Crippen LogP contribution in [-0.4, -0.2) is 63.0 Å². The lowest BCUT2D eigenvalue weighted by molar-refractivity contribution is 0.00677. The standard InChI is InChI=1S/C23H22N8O6/c1-24-23(34)36-16-8-17(27-14-4-3-7-31(22(14)33)12-9-25-11-26-10-12)29-19-18(16)30-37-20(19)21(32)28-13-5-6-15(13)35-2/h3-4,7-11,13,15H,5-6H2,1-2H3,(H,24,34)(H,27,29)(H,28,32)/t13-,15-/m1/s1. The summed E-state index contributed by atoms with van der Waals surface area (Å²) in [6, 6.07) is 4.40. The van der Waals surface area contributed by atoms with Gasteiger partial charge in [-0.1, -0.05) is 5.16 Å². The number of carbonyl (C=O) groups is 2. The minimum absolute atomic E-state index is 0.0271. The van der Waals surface area contributed by atoms with Crippen LogP contribution < -0.4 is 26.2 Å². The third-order valence-corrected chi connectivity index (χ3v) is 5.88. The fraction of sp³-hybridized carbons (Fsp3) is 0.261. The molecule has 0 aromatic carbocycles. The lowest BCUT2D eigenvalue weighted by Crippen LogP contribution is -2.51. The number of amides is 2. The fourth-order valence-electron chi connectivity index (χ4n) is 3.83. The van der Waals surface area contributed by atoms with Crippen LogP contribution in [0.15, 0.2) is 52.4 Å². The monoisotopic (exact) mass is 506 g/mol. The smallest absolute Gasteiger partial charge is 0.408 e. The summed E-state index contributed by atoms with van der Waals surface area (Å²) in [5.41, 5.74) is 0.313. The maximum Gasteiger partial charge on any atom is 0.412 e. The number of rotatable bonds is 7. The molecular formula is C23H22N8O6. The molecule has 37 heavy (non-hydrogen) atoms. The summed E-state index contributed by atoms with van der Waals surface area (Å²) in [4.78, 5) is 50.3. The number of nitrogens with one attached hydrogen (secondary N) is 3. The van der Waals surface area contributed by atoms with Crippen molar-refractivity contribution in [3.63, 3.8) is 0 Å². The quantitative estimate of drug-likeness (QED) is 0.331. The molecule has 4 aromatic heterocycles. The summed E-state index contributed by atoms with van der Waals surface area (Å²) >= 11 is 0. The van der Waals surface area contributed by atoms with Crippen LogP contribution in [-0.2, 0) is 4.74 Å². The van der Waals surface area contributed by atoms with Gasteiger partial charge in [-0.2, -0.15) is 0 Å². The van der Waals surface area contributed by atoms with Crippen LogP contribution in [0.1, 0.15) is 23.4 Å². The average molecular weight is 506 g/mol. The predicted molar refractivity (Wildman–Crippen MR) is 129 cm³/mol. The number of carbonyl (C=O) groups excluding carboxylic acids is 2. The maximum absolute atomic E-state index is 13.1. The normalized spacial score (nSPS) is 16.6. The number of ether oxygens (including phenoxy) is 2. The third kappa shape index (κ3) is 4.69. The highest BCUT2D eigenvalue weighted by atomic mass is 16.6. The van der Waals surface area contributed by atoms with Crippen molar-refractivity contribution in [1.29, 1.82) is 0 Å². The first-order chi connectivity index (χ1) is 18.0. The van der Waals surface area contributed by atoms with Crippen molar-refractivity contribution in [2.24, 2.45) is 0 Å². The highest BCUT2D eigenvalue weighted by molar-refractivity contribution is 6.04. The van der Waals surface area contributed by atoms with Gasteiger partial charge in [-0.25, -0.2) is 19.7 Å². The van der Waals surface area contributed by atoms with E-state index in [1.165, 1.54) is 36.4 Å². The van der Waals surface area contributed by atoms with Crippen LogP contribution >= 0.6 is 0 Å². The molecule has 5 rings (SSSR count).